The molecule has 2 rings (SSSR count). The molecule has 5 heteroatoms. The Morgan fingerprint density at radius 1 is 1.41 bits per heavy atom. The number of amides is 2. The summed E-state index contributed by atoms with van der Waals surface area (Å²) in [5.74, 6) is -0.239. The largest absolute Gasteiger partial charge is 0.388 e. The molecule has 1 aliphatic heterocycles. The van der Waals surface area contributed by atoms with Crippen molar-refractivity contribution in [2.75, 3.05) is 6.54 Å². The van der Waals surface area contributed by atoms with Gasteiger partial charge in [-0.25, -0.2) is 0 Å². The summed E-state index contributed by atoms with van der Waals surface area (Å²) >= 11 is 0. The molecule has 3 N–H and O–H groups in total. The summed E-state index contributed by atoms with van der Waals surface area (Å²) in [4.78, 5) is 22.7. The molecule has 0 aromatic rings. The van der Waals surface area contributed by atoms with Gasteiger partial charge in [0.25, 0.3) is 0 Å². The first-order valence-electron chi connectivity index (χ1n) is 6.39. The molecule has 1 saturated heterocycles. The summed E-state index contributed by atoms with van der Waals surface area (Å²) < 4.78 is 0. The summed E-state index contributed by atoms with van der Waals surface area (Å²) in [5, 5.41) is 15.6. The zero-order chi connectivity index (χ0) is 12.3. The van der Waals surface area contributed by atoms with Gasteiger partial charge in [-0.05, 0) is 19.3 Å². The SMILES string of the molecule is O=C1CC[C@@H](C(=O)NCC2(O)CCCCC2)N1. The highest BCUT2D eigenvalue weighted by molar-refractivity contribution is 5.90. The second-order valence-electron chi connectivity index (χ2n) is 5.16. The third-order valence-corrected chi connectivity index (χ3v) is 3.69. The molecule has 1 saturated carbocycles. The van der Waals surface area contributed by atoms with Gasteiger partial charge in [0, 0.05) is 13.0 Å². The highest BCUT2D eigenvalue weighted by Gasteiger charge is 2.32. The average Bonchev–Trinajstić information content (AvgIpc) is 2.74. The highest BCUT2D eigenvalue weighted by atomic mass is 16.3. The molecule has 96 valence electrons. The van der Waals surface area contributed by atoms with Gasteiger partial charge in [0.05, 0.1) is 5.60 Å². The van der Waals surface area contributed by atoms with Crippen LogP contribution in [0.25, 0.3) is 0 Å². The number of carbonyl (C=O) groups is 2. The maximum atomic E-state index is 11.7. The lowest BCUT2D eigenvalue weighted by atomic mass is 9.85. The second kappa shape index (κ2) is 5.04. The molecule has 0 unspecified atom stereocenters. The van der Waals surface area contributed by atoms with Crippen LogP contribution in [0.2, 0.25) is 0 Å². The number of hydrogen-bond acceptors (Lipinski definition) is 3. The summed E-state index contributed by atoms with van der Waals surface area (Å²) in [6, 6.07) is -0.408. The molecule has 0 radical (unpaired) electrons. The Bertz CT molecular complexity index is 311. The molecule has 1 heterocycles. The molecular weight excluding hydrogens is 220 g/mol. The lowest BCUT2D eigenvalue weighted by Crippen LogP contribution is -2.49. The first kappa shape index (κ1) is 12.4. The minimum atomic E-state index is -0.740. The quantitative estimate of drug-likeness (QED) is 0.653. The molecule has 17 heavy (non-hydrogen) atoms. The van der Waals surface area contributed by atoms with E-state index in [4.69, 9.17) is 0 Å². The topological polar surface area (TPSA) is 78.4 Å². The van der Waals surface area contributed by atoms with E-state index in [1.54, 1.807) is 0 Å². The van der Waals surface area contributed by atoms with Crippen molar-refractivity contribution in [3.8, 4) is 0 Å². The normalized spacial score (nSPS) is 27.6. The van der Waals surface area contributed by atoms with Crippen LogP contribution in [0.5, 0.6) is 0 Å². The zero-order valence-electron chi connectivity index (χ0n) is 10.00. The van der Waals surface area contributed by atoms with Gasteiger partial charge in [0.2, 0.25) is 11.8 Å². The predicted molar refractivity (Wildman–Crippen MR) is 62.2 cm³/mol. The first-order chi connectivity index (χ1) is 8.09. The van der Waals surface area contributed by atoms with E-state index in [-0.39, 0.29) is 11.8 Å². The van der Waals surface area contributed by atoms with Crippen molar-refractivity contribution in [3.05, 3.63) is 0 Å². The van der Waals surface area contributed by atoms with Crippen LogP contribution in [-0.4, -0.2) is 35.1 Å². The molecule has 0 aromatic heterocycles. The van der Waals surface area contributed by atoms with Crippen molar-refractivity contribution in [1.29, 1.82) is 0 Å². The molecular formula is C12H20N2O3. The van der Waals surface area contributed by atoms with Gasteiger partial charge in [-0.1, -0.05) is 19.3 Å². The third-order valence-electron chi connectivity index (χ3n) is 3.69. The highest BCUT2D eigenvalue weighted by Crippen LogP contribution is 2.27. The minimum Gasteiger partial charge on any atom is -0.388 e. The summed E-state index contributed by atoms with van der Waals surface area (Å²) in [6.07, 6.45) is 5.69. The van der Waals surface area contributed by atoms with Crippen LogP contribution in [0.3, 0.4) is 0 Å². The molecule has 5 nitrogen and oxygen atoms in total. The fraction of sp³-hybridized carbons (Fsp3) is 0.833. The van der Waals surface area contributed by atoms with Gasteiger partial charge in [-0.15, -0.1) is 0 Å². The number of carbonyl (C=O) groups excluding carboxylic acids is 2. The van der Waals surface area contributed by atoms with Gasteiger partial charge < -0.3 is 15.7 Å². The van der Waals surface area contributed by atoms with Crippen LogP contribution in [0.1, 0.15) is 44.9 Å². The van der Waals surface area contributed by atoms with Gasteiger partial charge in [0.15, 0.2) is 0 Å². The maximum Gasteiger partial charge on any atom is 0.242 e. The summed E-state index contributed by atoms with van der Waals surface area (Å²) in [6.45, 7) is 0.304. The first-order valence-corrected chi connectivity index (χ1v) is 6.39. The second-order valence-corrected chi connectivity index (χ2v) is 5.16. The number of aliphatic hydroxyl groups is 1. The Balaban J connectivity index is 1.77. The van der Waals surface area contributed by atoms with Crippen LogP contribution in [0.15, 0.2) is 0 Å². The molecule has 2 aliphatic rings. The minimum absolute atomic E-state index is 0.0680. The molecule has 2 amide bonds. The van der Waals surface area contributed by atoms with Crippen molar-refractivity contribution < 1.29 is 14.7 Å². The molecule has 0 bridgehead atoms. The summed E-state index contributed by atoms with van der Waals surface area (Å²) in [7, 11) is 0. The van der Waals surface area contributed by atoms with Crippen molar-refractivity contribution in [1.82, 2.24) is 10.6 Å². The van der Waals surface area contributed by atoms with E-state index in [0.717, 1.165) is 32.1 Å². The number of rotatable bonds is 3. The standard InChI is InChI=1S/C12H20N2O3/c15-10-5-4-9(14-10)11(16)13-8-12(17)6-2-1-3-7-12/h9,17H,1-8H2,(H,13,16)(H,14,15)/t9-/m0/s1. The maximum absolute atomic E-state index is 11.7. The third kappa shape index (κ3) is 3.19. The van der Waals surface area contributed by atoms with E-state index in [9.17, 15) is 14.7 Å². The Kier molecular flexibility index (Phi) is 3.66. The number of nitrogens with one attached hydrogen (secondary N) is 2. The van der Waals surface area contributed by atoms with Crippen LogP contribution >= 0.6 is 0 Å². The zero-order valence-corrected chi connectivity index (χ0v) is 10.00. The van der Waals surface area contributed by atoms with Crippen LogP contribution in [-0.2, 0) is 9.59 Å². The fourth-order valence-electron chi connectivity index (χ4n) is 2.57. The molecule has 1 atom stereocenters. The molecule has 0 spiro atoms. The van der Waals surface area contributed by atoms with E-state index in [1.807, 2.05) is 0 Å². The van der Waals surface area contributed by atoms with Gasteiger partial charge >= 0.3 is 0 Å². The van der Waals surface area contributed by atoms with Crippen LogP contribution in [0.4, 0.5) is 0 Å². The van der Waals surface area contributed by atoms with Gasteiger partial charge in [0.1, 0.15) is 6.04 Å². The predicted octanol–water partition coefficient (Wildman–Crippen LogP) is 0.0764. The van der Waals surface area contributed by atoms with E-state index in [2.05, 4.69) is 10.6 Å². The Hall–Kier alpha value is -1.10. The van der Waals surface area contributed by atoms with Gasteiger partial charge in [-0.3, -0.25) is 9.59 Å². The van der Waals surface area contributed by atoms with Crippen molar-refractivity contribution in [3.63, 3.8) is 0 Å². The fourth-order valence-corrected chi connectivity index (χ4v) is 2.57. The Morgan fingerprint density at radius 3 is 2.71 bits per heavy atom. The van der Waals surface area contributed by atoms with E-state index in [0.29, 0.717) is 19.4 Å². The van der Waals surface area contributed by atoms with Crippen molar-refractivity contribution in [2.24, 2.45) is 0 Å². The van der Waals surface area contributed by atoms with Gasteiger partial charge in [-0.2, -0.15) is 0 Å². The summed E-state index contributed by atoms with van der Waals surface area (Å²) in [5.41, 5.74) is -0.740. The lowest BCUT2D eigenvalue weighted by molar-refractivity contribution is -0.126. The van der Waals surface area contributed by atoms with E-state index < -0.39 is 11.6 Å². The van der Waals surface area contributed by atoms with Crippen molar-refractivity contribution >= 4 is 11.8 Å². The Morgan fingerprint density at radius 2 is 2.12 bits per heavy atom. The smallest absolute Gasteiger partial charge is 0.242 e. The molecule has 1 aliphatic carbocycles. The monoisotopic (exact) mass is 240 g/mol. The number of hydrogen-bond donors (Lipinski definition) is 3. The van der Waals surface area contributed by atoms with Crippen molar-refractivity contribution in [2.45, 2.75) is 56.6 Å². The average molecular weight is 240 g/mol. The Labute approximate surface area is 101 Å². The molecule has 0 aromatic carbocycles. The molecule has 2 fully saturated rings. The van der Waals surface area contributed by atoms with E-state index in [1.165, 1.54) is 0 Å². The van der Waals surface area contributed by atoms with Crippen LogP contribution < -0.4 is 10.6 Å². The van der Waals surface area contributed by atoms with E-state index >= 15 is 0 Å². The van der Waals surface area contributed by atoms with Crippen LogP contribution in [0, 0.1) is 0 Å². The lowest BCUT2D eigenvalue weighted by Gasteiger charge is -2.32.